The fourth-order valence-electron chi connectivity index (χ4n) is 2.90. The molecule has 7 heteroatoms. The van der Waals surface area contributed by atoms with Crippen LogP contribution >= 0.6 is 0 Å². The van der Waals surface area contributed by atoms with Gasteiger partial charge in [0.05, 0.1) is 12.6 Å². The predicted molar refractivity (Wildman–Crippen MR) is 90.1 cm³/mol. The van der Waals surface area contributed by atoms with E-state index in [0.717, 1.165) is 22.6 Å². The van der Waals surface area contributed by atoms with Gasteiger partial charge < -0.3 is 10.4 Å². The maximum absolute atomic E-state index is 13.3. The van der Waals surface area contributed by atoms with Crippen molar-refractivity contribution in [2.45, 2.75) is 25.0 Å². The maximum Gasteiger partial charge on any atom is 0.324 e. The zero-order valence-corrected chi connectivity index (χ0v) is 13.9. The highest BCUT2D eigenvalue weighted by molar-refractivity contribution is 6.04. The first-order chi connectivity index (χ1) is 12.5. The number of benzene rings is 2. The number of β-amino-alcohol motifs (C(OH)–C–C–N with tert-alkyl or cyclic N) is 1. The van der Waals surface area contributed by atoms with E-state index in [2.05, 4.69) is 5.32 Å². The molecule has 2 N–H and O–H groups in total. The number of halogens is 2. The molecule has 5 nitrogen and oxygen atoms in total. The van der Waals surface area contributed by atoms with E-state index in [1.165, 1.54) is 6.07 Å². The number of rotatable bonds is 6. The summed E-state index contributed by atoms with van der Waals surface area (Å²) in [6, 6.07) is 11.3. The molecule has 2 atom stereocenters. The summed E-state index contributed by atoms with van der Waals surface area (Å²) in [5.41, 5.74) is 1.15. The standard InChI is InChI=1S/C19H18F2N2O3/c20-14-8-7-13(10-15(14)21)17(24)11-23-18(25)16(22-19(23)26)9-6-12-4-2-1-3-5-12/h1-5,7-8,10,16-17,24H,6,9,11H2,(H,22,26)/t16-,17-/m1/s1. The number of aliphatic hydroxyl groups is 1. The van der Waals surface area contributed by atoms with Crippen molar-refractivity contribution in [2.24, 2.45) is 0 Å². The molecule has 1 fully saturated rings. The predicted octanol–water partition coefficient (Wildman–Crippen LogP) is 2.55. The van der Waals surface area contributed by atoms with Gasteiger partial charge in [-0.3, -0.25) is 9.69 Å². The smallest absolute Gasteiger partial charge is 0.324 e. The van der Waals surface area contributed by atoms with Crippen LogP contribution in [-0.4, -0.2) is 34.5 Å². The average Bonchev–Trinajstić information content (AvgIpc) is 2.90. The van der Waals surface area contributed by atoms with Crippen LogP contribution in [0.5, 0.6) is 0 Å². The lowest BCUT2D eigenvalue weighted by Crippen LogP contribution is -2.35. The average molecular weight is 360 g/mol. The van der Waals surface area contributed by atoms with Crippen LogP contribution in [0, 0.1) is 11.6 Å². The fourth-order valence-corrected chi connectivity index (χ4v) is 2.90. The van der Waals surface area contributed by atoms with Gasteiger partial charge in [0.1, 0.15) is 6.04 Å². The summed E-state index contributed by atoms with van der Waals surface area (Å²) in [6.45, 7) is -0.322. The van der Waals surface area contributed by atoms with Crippen LogP contribution in [0.15, 0.2) is 48.5 Å². The highest BCUT2D eigenvalue weighted by Gasteiger charge is 2.38. The topological polar surface area (TPSA) is 69.6 Å². The summed E-state index contributed by atoms with van der Waals surface area (Å²) in [7, 11) is 0. The van der Waals surface area contributed by atoms with Crippen molar-refractivity contribution in [3.05, 3.63) is 71.3 Å². The molecule has 2 aromatic rings. The number of amides is 3. The summed E-state index contributed by atoms with van der Waals surface area (Å²) in [4.78, 5) is 25.4. The third-order valence-corrected chi connectivity index (χ3v) is 4.36. The van der Waals surface area contributed by atoms with Gasteiger partial charge in [-0.25, -0.2) is 13.6 Å². The Kier molecular flexibility index (Phi) is 5.27. The number of urea groups is 1. The zero-order valence-electron chi connectivity index (χ0n) is 13.9. The minimum absolute atomic E-state index is 0.0947. The van der Waals surface area contributed by atoms with Gasteiger partial charge >= 0.3 is 6.03 Å². The first-order valence-electron chi connectivity index (χ1n) is 8.24. The Balaban J connectivity index is 1.62. The minimum atomic E-state index is -1.30. The summed E-state index contributed by atoms with van der Waals surface area (Å²) in [6.07, 6.45) is -0.239. The number of carbonyl (C=O) groups excluding carboxylic acids is 2. The first-order valence-corrected chi connectivity index (χ1v) is 8.24. The Morgan fingerprint density at radius 2 is 1.81 bits per heavy atom. The van der Waals surface area contributed by atoms with E-state index < -0.39 is 35.7 Å². The van der Waals surface area contributed by atoms with E-state index >= 15 is 0 Å². The van der Waals surface area contributed by atoms with Crippen LogP contribution in [0.1, 0.15) is 23.7 Å². The third-order valence-electron chi connectivity index (χ3n) is 4.36. The number of nitrogens with zero attached hydrogens (tertiary/aromatic N) is 1. The number of nitrogens with one attached hydrogen (secondary N) is 1. The van der Waals surface area contributed by atoms with Crippen LogP contribution < -0.4 is 5.32 Å². The Bertz CT molecular complexity index is 814. The number of hydrogen-bond acceptors (Lipinski definition) is 3. The van der Waals surface area contributed by atoms with Crippen molar-refractivity contribution in [3.8, 4) is 0 Å². The van der Waals surface area contributed by atoms with E-state index in [4.69, 9.17) is 0 Å². The lowest BCUT2D eigenvalue weighted by molar-refractivity contribution is -0.128. The van der Waals surface area contributed by atoms with E-state index in [-0.39, 0.29) is 12.1 Å². The number of imide groups is 1. The number of carbonyl (C=O) groups is 2. The van der Waals surface area contributed by atoms with Crippen LogP contribution in [0.25, 0.3) is 0 Å². The van der Waals surface area contributed by atoms with Crippen molar-refractivity contribution in [1.29, 1.82) is 0 Å². The highest BCUT2D eigenvalue weighted by Crippen LogP contribution is 2.20. The molecule has 1 heterocycles. The molecule has 0 radical (unpaired) electrons. The maximum atomic E-state index is 13.3. The monoisotopic (exact) mass is 360 g/mol. The molecule has 1 aliphatic rings. The van der Waals surface area contributed by atoms with Crippen LogP contribution in [0.4, 0.5) is 13.6 Å². The molecular weight excluding hydrogens is 342 g/mol. The van der Waals surface area contributed by atoms with E-state index in [1.807, 2.05) is 30.3 Å². The first kappa shape index (κ1) is 18.0. The van der Waals surface area contributed by atoms with Crippen molar-refractivity contribution < 1.29 is 23.5 Å². The van der Waals surface area contributed by atoms with E-state index in [9.17, 15) is 23.5 Å². The molecule has 0 bridgehead atoms. The molecule has 3 rings (SSSR count). The fraction of sp³-hybridized carbons (Fsp3) is 0.263. The van der Waals surface area contributed by atoms with Gasteiger partial charge in [0.2, 0.25) is 0 Å². The van der Waals surface area contributed by atoms with Crippen molar-refractivity contribution in [2.75, 3.05) is 6.54 Å². The van der Waals surface area contributed by atoms with Crippen molar-refractivity contribution in [3.63, 3.8) is 0 Å². The quantitative estimate of drug-likeness (QED) is 0.778. The highest BCUT2D eigenvalue weighted by atomic mass is 19.2. The molecule has 0 unspecified atom stereocenters. The van der Waals surface area contributed by atoms with Gasteiger partial charge in [0.25, 0.3) is 5.91 Å². The zero-order chi connectivity index (χ0) is 18.7. The van der Waals surface area contributed by atoms with Gasteiger partial charge in [-0.05, 0) is 36.1 Å². The molecule has 1 saturated heterocycles. The van der Waals surface area contributed by atoms with Crippen molar-refractivity contribution in [1.82, 2.24) is 10.2 Å². The molecule has 136 valence electrons. The Labute approximate surface area is 149 Å². The van der Waals surface area contributed by atoms with Crippen molar-refractivity contribution >= 4 is 11.9 Å². The Morgan fingerprint density at radius 1 is 1.08 bits per heavy atom. The minimum Gasteiger partial charge on any atom is -0.387 e. The second kappa shape index (κ2) is 7.61. The SMILES string of the molecule is O=C1N[C@H](CCc2ccccc2)C(=O)N1C[C@@H](O)c1ccc(F)c(F)c1. The second-order valence-electron chi connectivity index (χ2n) is 6.16. The molecule has 2 aromatic carbocycles. The second-order valence-corrected chi connectivity index (χ2v) is 6.16. The lowest BCUT2D eigenvalue weighted by Gasteiger charge is -2.18. The van der Waals surface area contributed by atoms with Gasteiger partial charge in [-0.1, -0.05) is 36.4 Å². The van der Waals surface area contributed by atoms with Gasteiger partial charge in [0, 0.05) is 0 Å². The Morgan fingerprint density at radius 3 is 2.50 bits per heavy atom. The van der Waals surface area contributed by atoms with E-state index in [1.54, 1.807) is 0 Å². The Hall–Kier alpha value is -2.80. The molecule has 0 spiro atoms. The number of aryl methyl sites for hydroxylation is 1. The molecule has 3 amide bonds. The molecule has 0 saturated carbocycles. The largest absolute Gasteiger partial charge is 0.387 e. The molecular formula is C19H18F2N2O3. The normalized spacial score (nSPS) is 18.1. The summed E-state index contributed by atoms with van der Waals surface area (Å²) < 4.78 is 26.3. The summed E-state index contributed by atoms with van der Waals surface area (Å²) in [5.74, 6) is -2.57. The van der Waals surface area contributed by atoms with Gasteiger partial charge in [-0.15, -0.1) is 0 Å². The van der Waals surface area contributed by atoms with Crippen LogP contribution in [-0.2, 0) is 11.2 Å². The number of hydrogen-bond donors (Lipinski definition) is 2. The third kappa shape index (κ3) is 3.88. The lowest BCUT2D eigenvalue weighted by atomic mass is 10.0. The van der Waals surface area contributed by atoms with E-state index in [0.29, 0.717) is 12.8 Å². The van der Waals surface area contributed by atoms with Crippen LogP contribution in [0.3, 0.4) is 0 Å². The summed E-state index contributed by atoms with van der Waals surface area (Å²) in [5, 5.41) is 12.8. The molecule has 0 aromatic heterocycles. The molecule has 1 aliphatic heterocycles. The summed E-state index contributed by atoms with van der Waals surface area (Å²) >= 11 is 0. The molecule has 0 aliphatic carbocycles. The van der Waals surface area contributed by atoms with Gasteiger partial charge in [-0.2, -0.15) is 0 Å². The number of aliphatic hydroxyl groups excluding tert-OH is 1. The van der Waals surface area contributed by atoms with Crippen LogP contribution in [0.2, 0.25) is 0 Å². The molecule has 26 heavy (non-hydrogen) atoms. The van der Waals surface area contributed by atoms with Gasteiger partial charge in [0.15, 0.2) is 11.6 Å².